The lowest BCUT2D eigenvalue weighted by atomic mass is 10.0. The molecule has 2 aromatic rings. The molecule has 0 unspecified atom stereocenters. The molecule has 0 nitrogen and oxygen atoms in total. The first-order chi connectivity index (χ1) is 9.31. The first-order valence-corrected chi connectivity index (χ1v) is 6.51. The molecular weight excluding hydrogens is 228 g/mol. The van der Waals surface area contributed by atoms with E-state index in [9.17, 15) is 0 Å². The molecule has 0 N–H and O–H groups in total. The molecule has 19 heavy (non-hydrogen) atoms. The lowest BCUT2D eigenvalue weighted by molar-refractivity contribution is 1.31. The Balaban J connectivity index is 2.20. The Bertz CT molecular complexity index is 639. The second-order valence-corrected chi connectivity index (χ2v) is 4.80. The van der Waals surface area contributed by atoms with Crippen molar-refractivity contribution in [2.24, 2.45) is 0 Å². The van der Waals surface area contributed by atoms with Crippen molar-refractivity contribution < 1.29 is 0 Å². The zero-order valence-electron chi connectivity index (χ0n) is 10.9. The molecule has 1 aliphatic carbocycles. The first-order valence-electron chi connectivity index (χ1n) is 6.51. The van der Waals surface area contributed by atoms with Crippen LogP contribution in [0.3, 0.4) is 0 Å². The van der Waals surface area contributed by atoms with Crippen molar-refractivity contribution in [1.82, 2.24) is 0 Å². The van der Waals surface area contributed by atoms with E-state index in [1.54, 1.807) is 0 Å². The van der Waals surface area contributed by atoms with E-state index >= 15 is 0 Å². The van der Waals surface area contributed by atoms with E-state index in [4.69, 9.17) is 0 Å². The predicted octanol–water partition coefficient (Wildman–Crippen LogP) is 5.23. The molecule has 0 aromatic heterocycles. The number of fused-ring (bicyclic) bond motifs is 3. The summed E-state index contributed by atoms with van der Waals surface area (Å²) in [5, 5.41) is 0. The molecule has 2 aromatic carbocycles. The monoisotopic (exact) mass is 244 g/mol. The van der Waals surface area contributed by atoms with Gasteiger partial charge < -0.3 is 0 Å². The second-order valence-electron chi connectivity index (χ2n) is 4.80. The topological polar surface area (TPSA) is 0 Å². The van der Waals surface area contributed by atoms with Gasteiger partial charge in [-0.05, 0) is 34.2 Å². The highest BCUT2D eigenvalue weighted by Gasteiger charge is 2.21. The van der Waals surface area contributed by atoms with Crippen LogP contribution in [0.4, 0.5) is 0 Å². The number of hydrogen-bond acceptors (Lipinski definition) is 0. The van der Waals surface area contributed by atoms with Crippen LogP contribution in [-0.2, 0) is 0 Å². The number of allylic oxidation sites excluding steroid dienone is 3. The molecule has 0 heterocycles. The Kier molecular flexibility index (Phi) is 2.92. The van der Waals surface area contributed by atoms with Crippen molar-refractivity contribution >= 4 is 5.57 Å². The predicted molar refractivity (Wildman–Crippen MR) is 82.9 cm³/mol. The summed E-state index contributed by atoms with van der Waals surface area (Å²) in [6.45, 7) is 7.88. The van der Waals surface area contributed by atoms with Crippen LogP contribution in [0.25, 0.3) is 16.7 Å². The van der Waals surface area contributed by atoms with Crippen LogP contribution in [-0.4, -0.2) is 0 Å². The van der Waals surface area contributed by atoms with E-state index in [2.05, 4.69) is 67.8 Å². The van der Waals surface area contributed by atoms with Crippen molar-refractivity contribution in [2.45, 2.75) is 6.42 Å². The number of rotatable bonds is 3. The molecule has 0 heteroatoms. The minimum absolute atomic E-state index is 0.827. The minimum atomic E-state index is 0.827. The molecule has 0 bridgehead atoms. The van der Waals surface area contributed by atoms with Crippen molar-refractivity contribution in [2.75, 3.05) is 0 Å². The Morgan fingerprint density at radius 2 is 1.32 bits per heavy atom. The highest BCUT2D eigenvalue weighted by Crippen LogP contribution is 2.44. The third-order valence-corrected chi connectivity index (χ3v) is 3.48. The molecule has 1 aliphatic rings. The van der Waals surface area contributed by atoms with Crippen LogP contribution in [0.1, 0.15) is 17.5 Å². The van der Waals surface area contributed by atoms with Crippen LogP contribution >= 0.6 is 0 Å². The zero-order chi connectivity index (χ0) is 13.2. The van der Waals surface area contributed by atoms with Gasteiger partial charge in [-0.3, -0.25) is 0 Å². The first kappa shape index (κ1) is 11.7. The average molecular weight is 244 g/mol. The standard InChI is InChI=1S/C19H16/c1-3-8-14(2)13-19-17-11-6-4-9-15(17)16-10-5-7-12-18(16)19/h3-7,9-13H,1-2,8H2. The SMILES string of the molecule is C=CCC(=C)C=C1c2ccccc2-c2ccccc21. The van der Waals surface area contributed by atoms with Crippen LogP contribution in [0.15, 0.2) is 79.4 Å². The third-order valence-electron chi connectivity index (χ3n) is 3.48. The Morgan fingerprint density at radius 3 is 1.79 bits per heavy atom. The molecule has 0 saturated carbocycles. The van der Waals surface area contributed by atoms with Gasteiger partial charge in [-0.2, -0.15) is 0 Å². The van der Waals surface area contributed by atoms with E-state index < -0.39 is 0 Å². The summed E-state index contributed by atoms with van der Waals surface area (Å²) in [6, 6.07) is 17.1. The number of benzene rings is 2. The molecule has 0 aliphatic heterocycles. The van der Waals surface area contributed by atoms with E-state index in [1.165, 1.54) is 27.8 Å². The quantitative estimate of drug-likeness (QED) is 0.553. The molecular formula is C19H16. The summed E-state index contributed by atoms with van der Waals surface area (Å²) < 4.78 is 0. The minimum Gasteiger partial charge on any atom is -0.103 e. The average Bonchev–Trinajstić information content (AvgIpc) is 2.75. The summed E-state index contributed by atoms with van der Waals surface area (Å²) in [5.74, 6) is 0. The van der Waals surface area contributed by atoms with Gasteiger partial charge >= 0.3 is 0 Å². The van der Waals surface area contributed by atoms with E-state index in [-0.39, 0.29) is 0 Å². The molecule has 3 rings (SSSR count). The summed E-state index contributed by atoms with van der Waals surface area (Å²) >= 11 is 0. The molecule has 0 atom stereocenters. The van der Waals surface area contributed by atoms with Crippen LogP contribution < -0.4 is 0 Å². The fourth-order valence-corrected chi connectivity index (χ4v) is 2.65. The molecule has 92 valence electrons. The van der Waals surface area contributed by atoms with Crippen LogP contribution in [0, 0.1) is 0 Å². The maximum atomic E-state index is 4.11. The van der Waals surface area contributed by atoms with Gasteiger partial charge in [0.15, 0.2) is 0 Å². The van der Waals surface area contributed by atoms with Crippen molar-refractivity contribution in [1.29, 1.82) is 0 Å². The molecule has 0 amide bonds. The normalized spacial score (nSPS) is 11.7. The van der Waals surface area contributed by atoms with Crippen LogP contribution in [0.5, 0.6) is 0 Å². The summed E-state index contributed by atoms with van der Waals surface area (Å²) in [7, 11) is 0. The Labute approximate surface area is 114 Å². The van der Waals surface area contributed by atoms with Crippen molar-refractivity contribution in [3.63, 3.8) is 0 Å². The maximum Gasteiger partial charge on any atom is -0.00963 e. The summed E-state index contributed by atoms with van der Waals surface area (Å²) in [5.41, 5.74) is 7.60. The van der Waals surface area contributed by atoms with Gasteiger partial charge in [-0.25, -0.2) is 0 Å². The Morgan fingerprint density at radius 1 is 0.842 bits per heavy atom. The summed E-state index contributed by atoms with van der Waals surface area (Å²) in [6.07, 6.45) is 4.91. The van der Waals surface area contributed by atoms with Crippen molar-refractivity contribution in [3.8, 4) is 11.1 Å². The molecule has 0 radical (unpaired) electrons. The Hall–Kier alpha value is -2.34. The molecule has 0 spiro atoms. The van der Waals surface area contributed by atoms with Crippen molar-refractivity contribution in [3.05, 3.63) is 90.5 Å². The fourth-order valence-electron chi connectivity index (χ4n) is 2.65. The fraction of sp³-hybridized carbons (Fsp3) is 0.0526. The van der Waals surface area contributed by atoms with Gasteiger partial charge in [0.1, 0.15) is 0 Å². The van der Waals surface area contributed by atoms with Crippen LogP contribution in [0.2, 0.25) is 0 Å². The van der Waals surface area contributed by atoms with Gasteiger partial charge in [-0.15, -0.1) is 6.58 Å². The summed E-state index contributed by atoms with van der Waals surface area (Å²) in [4.78, 5) is 0. The van der Waals surface area contributed by atoms with Gasteiger partial charge in [0.25, 0.3) is 0 Å². The molecule has 0 fully saturated rings. The lowest BCUT2D eigenvalue weighted by Crippen LogP contribution is -1.83. The van der Waals surface area contributed by atoms with E-state index in [0.717, 1.165) is 12.0 Å². The highest BCUT2D eigenvalue weighted by molar-refractivity contribution is 6.01. The van der Waals surface area contributed by atoms with E-state index in [0.29, 0.717) is 0 Å². The molecule has 0 saturated heterocycles. The van der Waals surface area contributed by atoms with Gasteiger partial charge in [0, 0.05) is 0 Å². The van der Waals surface area contributed by atoms with Gasteiger partial charge in [-0.1, -0.05) is 72.8 Å². The van der Waals surface area contributed by atoms with E-state index in [1.807, 2.05) is 6.08 Å². The van der Waals surface area contributed by atoms with Gasteiger partial charge in [0.2, 0.25) is 0 Å². The largest absolute Gasteiger partial charge is 0.103 e. The van der Waals surface area contributed by atoms with Gasteiger partial charge in [0.05, 0.1) is 0 Å². The third kappa shape index (κ3) is 1.96. The zero-order valence-corrected chi connectivity index (χ0v) is 10.9. The maximum absolute atomic E-state index is 4.11. The lowest BCUT2D eigenvalue weighted by Gasteiger charge is -2.03. The number of hydrogen-bond donors (Lipinski definition) is 0. The second kappa shape index (κ2) is 4.74. The smallest absolute Gasteiger partial charge is 0.00963 e. The highest BCUT2D eigenvalue weighted by atomic mass is 14.2.